The van der Waals surface area contributed by atoms with Crippen LogP contribution in [0.4, 0.5) is 0 Å². The van der Waals surface area contributed by atoms with Crippen LogP contribution in [0.3, 0.4) is 0 Å². The number of fused-ring (bicyclic) bond motifs is 1. The van der Waals surface area contributed by atoms with Crippen LogP contribution in [0.2, 0.25) is 0 Å². The van der Waals surface area contributed by atoms with Crippen molar-refractivity contribution in [1.82, 2.24) is 0 Å². The Morgan fingerprint density at radius 3 is 3.15 bits per heavy atom. The lowest BCUT2D eigenvalue weighted by Gasteiger charge is -2.31. The average molecular weight is 173 g/mol. The molecule has 1 fully saturated rings. The van der Waals surface area contributed by atoms with Gasteiger partial charge in [-0.2, -0.15) is 5.26 Å². The number of nitriles is 1. The smallest absolute Gasteiger partial charge is 0.0911 e. The highest BCUT2D eigenvalue weighted by atomic mass is 14.4. The first kappa shape index (κ1) is 8.56. The molecule has 1 heteroatoms. The van der Waals surface area contributed by atoms with Gasteiger partial charge in [-0.1, -0.05) is 18.6 Å². The highest BCUT2D eigenvalue weighted by Crippen LogP contribution is 2.52. The Balaban J connectivity index is 2.39. The summed E-state index contributed by atoms with van der Waals surface area (Å²) >= 11 is 0. The van der Waals surface area contributed by atoms with Crippen LogP contribution in [0.15, 0.2) is 23.3 Å². The van der Waals surface area contributed by atoms with E-state index >= 15 is 0 Å². The maximum Gasteiger partial charge on any atom is 0.0911 e. The fourth-order valence-corrected chi connectivity index (χ4v) is 2.72. The van der Waals surface area contributed by atoms with Crippen molar-refractivity contribution in [2.24, 2.45) is 5.41 Å². The van der Waals surface area contributed by atoms with Crippen LogP contribution in [-0.2, 0) is 0 Å². The minimum atomic E-state index is 0.258. The molecule has 0 aliphatic heterocycles. The summed E-state index contributed by atoms with van der Waals surface area (Å²) in [6, 6.07) is 2.18. The molecule has 0 N–H and O–H groups in total. The molecule has 0 aromatic carbocycles. The van der Waals surface area contributed by atoms with Crippen molar-refractivity contribution >= 4 is 0 Å². The summed E-state index contributed by atoms with van der Waals surface area (Å²) in [5, 5.41) is 8.69. The van der Waals surface area contributed by atoms with E-state index in [0.29, 0.717) is 0 Å². The van der Waals surface area contributed by atoms with Gasteiger partial charge in [0, 0.05) is 11.5 Å². The summed E-state index contributed by atoms with van der Waals surface area (Å²) < 4.78 is 0. The largest absolute Gasteiger partial charge is 0.193 e. The molecule has 68 valence electrons. The van der Waals surface area contributed by atoms with Gasteiger partial charge in [0.1, 0.15) is 0 Å². The summed E-state index contributed by atoms with van der Waals surface area (Å²) in [6.45, 7) is 2.30. The van der Waals surface area contributed by atoms with Gasteiger partial charge >= 0.3 is 0 Å². The summed E-state index contributed by atoms with van der Waals surface area (Å²) in [4.78, 5) is 0. The summed E-state index contributed by atoms with van der Waals surface area (Å²) in [6.07, 6.45) is 10.2. The third-order valence-corrected chi connectivity index (χ3v) is 3.59. The third kappa shape index (κ3) is 1.21. The molecule has 0 aromatic heterocycles. The van der Waals surface area contributed by atoms with Crippen molar-refractivity contribution in [1.29, 1.82) is 5.26 Å². The van der Waals surface area contributed by atoms with Gasteiger partial charge in [-0.3, -0.25) is 0 Å². The summed E-state index contributed by atoms with van der Waals surface area (Å²) in [7, 11) is 0. The Bertz CT molecular complexity index is 317. The molecular formula is C12H15N. The van der Waals surface area contributed by atoms with Crippen LogP contribution >= 0.6 is 0 Å². The lowest BCUT2D eigenvalue weighted by atomic mass is 9.73. The molecule has 0 aromatic rings. The molecule has 0 heterocycles. The SMILES string of the molecule is CC12CCCC=C1CC/C2=C\C#N. The zero-order valence-electron chi connectivity index (χ0n) is 8.14. The van der Waals surface area contributed by atoms with Crippen molar-refractivity contribution in [2.45, 2.75) is 39.0 Å². The van der Waals surface area contributed by atoms with Crippen LogP contribution in [-0.4, -0.2) is 0 Å². The Morgan fingerprint density at radius 1 is 1.54 bits per heavy atom. The van der Waals surface area contributed by atoms with Gasteiger partial charge in [0.25, 0.3) is 0 Å². The van der Waals surface area contributed by atoms with Crippen LogP contribution in [0.5, 0.6) is 0 Å². The van der Waals surface area contributed by atoms with E-state index in [9.17, 15) is 0 Å². The molecule has 1 unspecified atom stereocenters. The normalized spacial score (nSPS) is 35.4. The molecule has 0 saturated heterocycles. The summed E-state index contributed by atoms with van der Waals surface area (Å²) in [5.74, 6) is 0. The second-order valence-corrected chi connectivity index (χ2v) is 4.25. The lowest BCUT2D eigenvalue weighted by Crippen LogP contribution is -2.18. The molecule has 1 atom stereocenters. The number of hydrogen-bond donors (Lipinski definition) is 0. The highest BCUT2D eigenvalue weighted by Gasteiger charge is 2.38. The Morgan fingerprint density at radius 2 is 2.38 bits per heavy atom. The molecule has 2 rings (SSSR count). The van der Waals surface area contributed by atoms with Gasteiger partial charge in [-0.25, -0.2) is 0 Å². The fraction of sp³-hybridized carbons (Fsp3) is 0.583. The lowest BCUT2D eigenvalue weighted by molar-refractivity contribution is 0.423. The van der Waals surface area contributed by atoms with Gasteiger partial charge in [0.15, 0.2) is 0 Å². The van der Waals surface area contributed by atoms with Gasteiger partial charge in [-0.15, -0.1) is 0 Å². The zero-order valence-corrected chi connectivity index (χ0v) is 8.14. The molecule has 2 aliphatic carbocycles. The van der Waals surface area contributed by atoms with E-state index in [0.717, 1.165) is 6.42 Å². The van der Waals surface area contributed by atoms with Crippen molar-refractivity contribution in [3.05, 3.63) is 23.3 Å². The van der Waals surface area contributed by atoms with Crippen LogP contribution in [0.25, 0.3) is 0 Å². The molecule has 1 nitrogen and oxygen atoms in total. The van der Waals surface area contributed by atoms with Gasteiger partial charge in [0.2, 0.25) is 0 Å². The molecule has 0 radical (unpaired) electrons. The van der Waals surface area contributed by atoms with E-state index in [1.165, 1.54) is 31.3 Å². The second kappa shape index (κ2) is 3.03. The number of rotatable bonds is 0. The van der Waals surface area contributed by atoms with Crippen molar-refractivity contribution < 1.29 is 0 Å². The first-order valence-electron chi connectivity index (χ1n) is 5.06. The fourth-order valence-electron chi connectivity index (χ4n) is 2.72. The average Bonchev–Trinajstić information content (AvgIpc) is 2.45. The molecule has 13 heavy (non-hydrogen) atoms. The summed E-state index contributed by atoms with van der Waals surface area (Å²) in [5.41, 5.74) is 3.20. The quantitative estimate of drug-likeness (QED) is 0.407. The standard InChI is InChI=1S/C12H15N/c1-12-8-3-2-4-10(12)5-6-11(12)7-9-13/h4,7H,2-3,5-6,8H2,1H3/b11-7+. The number of hydrogen-bond acceptors (Lipinski definition) is 1. The van der Waals surface area contributed by atoms with Crippen LogP contribution in [0.1, 0.15) is 39.0 Å². The van der Waals surface area contributed by atoms with Gasteiger partial charge in [-0.05, 0) is 37.7 Å². The van der Waals surface area contributed by atoms with Crippen molar-refractivity contribution in [3.8, 4) is 6.07 Å². The third-order valence-electron chi connectivity index (χ3n) is 3.59. The predicted octanol–water partition coefficient (Wildman–Crippen LogP) is 3.35. The van der Waals surface area contributed by atoms with Crippen LogP contribution < -0.4 is 0 Å². The molecular weight excluding hydrogens is 158 g/mol. The first-order valence-corrected chi connectivity index (χ1v) is 5.06. The Hall–Kier alpha value is -1.03. The van der Waals surface area contributed by atoms with E-state index in [2.05, 4.69) is 19.1 Å². The topological polar surface area (TPSA) is 23.8 Å². The zero-order chi connectivity index (χ0) is 9.31. The van der Waals surface area contributed by atoms with E-state index in [4.69, 9.17) is 5.26 Å². The van der Waals surface area contributed by atoms with Crippen molar-refractivity contribution in [3.63, 3.8) is 0 Å². The Kier molecular flexibility index (Phi) is 2.00. The molecule has 1 saturated carbocycles. The van der Waals surface area contributed by atoms with Crippen LogP contribution in [0, 0.1) is 16.7 Å². The molecule has 0 bridgehead atoms. The van der Waals surface area contributed by atoms with Gasteiger partial charge in [0.05, 0.1) is 6.07 Å². The number of allylic oxidation sites excluding steroid dienone is 4. The molecule has 0 spiro atoms. The molecule has 0 amide bonds. The van der Waals surface area contributed by atoms with Gasteiger partial charge < -0.3 is 0 Å². The maximum atomic E-state index is 8.69. The monoisotopic (exact) mass is 173 g/mol. The highest BCUT2D eigenvalue weighted by molar-refractivity contribution is 5.38. The second-order valence-electron chi connectivity index (χ2n) is 4.25. The van der Waals surface area contributed by atoms with E-state index in [-0.39, 0.29) is 5.41 Å². The van der Waals surface area contributed by atoms with E-state index < -0.39 is 0 Å². The predicted molar refractivity (Wildman–Crippen MR) is 53.0 cm³/mol. The minimum absolute atomic E-state index is 0.258. The van der Waals surface area contributed by atoms with Crippen molar-refractivity contribution in [2.75, 3.05) is 0 Å². The van der Waals surface area contributed by atoms with E-state index in [1.807, 2.05) is 0 Å². The maximum absolute atomic E-state index is 8.69. The minimum Gasteiger partial charge on any atom is -0.193 e. The first-order chi connectivity index (χ1) is 6.27. The number of nitrogens with zero attached hydrogens (tertiary/aromatic N) is 1. The van der Waals surface area contributed by atoms with E-state index in [1.54, 1.807) is 11.6 Å². The Labute approximate surface area is 79.8 Å². The molecule has 2 aliphatic rings.